The molecule has 0 aliphatic heterocycles. The molecule has 3 N–H and O–H groups in total. The molecule has 0 bridgehead atoms. The lowest BCUT2D eigenvalue weighted by Gasteiger charge is -2.34. The highest BCUT2D eigenvalue weighted by atomic mass is 31.2. The number of nitrogens with one attached hydrogen (secondary N) is 1. The van der Waals surface area contributed by atoms with Gasteiger partial charge in [-0.3, -0.25) is 9.32 Å². The van der Waals surface area contributed by atoms with E-state index in [2.05, 4.69) is 9.84 Å². The molecule has 0 heterocycles. The highest BCUT2D eigenvalue weighted by molar-refractivity contribution is 7.46. The van der Waals surface area contributed by atoms with Crippen LogP contribution in [0.1, 0.15) is 19.8 Å². The van der Waals surface area contributed by atoms with Crippen molar-refractivity contribution in [2.24, 2.45) is 0 Å². The van der Waals surface area contributed by atoms with Crippen LogP contribution < -0.4 is 5.32 Å². The van der Waals surface area contributed by atoms with Crippen molar-refractivity contribution >= 4 is 13.7 Å². The second-order valence-corrected chi connectivity index (χ2v) is 6.73. The standard InChI is InChI=1S/C12H25N2O5P/c1-5-7-12(15)13-9-6-8-11(14(2,3)4)10-19-20(16,17)18/h5,7,11H,6,8-10H2,1-4H3,(H2-,13,15,16,17,18)/p+1. The van der Waals surface area contributed by atoms with Crippen molar-refractivity contribution in [1.82, 2.24) is 5.32 Å². The molecule has 0 aromatic carbocycles. The predicted octanol–water partition coefficient (Wildman–Crippen LogP) is 0.643. The molecule has 0 radical (unpaired) electrons. The first-order valence-corrected chi connectivity index (χ1v) is 8.01. The summed E-state index contributed by atoms with van der Waals surface area (Å²) in [4.78, 5) is 28.7. The van der Waals surface area contributed by atoms with Gasteiger partial charge in [0.1, 0.15) is 12.6 Å². The maximum atomic E-state index is 11.2. The van der Waals surface area contributed by atoms with Crippen molar-refractivity contribution in [3.05, 3.63) is 12.2 Å². The third-order valence-corrected chi connectivity index (χ3v) is 3.35. The molecule has 0 aromatic rings. The number of likely N-dealkylation sites (N-methyl/N-ethyl adjacent to an activating group) is 1. The summed E-state index contributed by atoms with van der Waals surface area (Å²) in [5.41, 5.74) is 0. The van der Waals surface area contributed by atoms with Crippen molar-refractivity contribution in [1.29, 1.82) is 0 Å². The van der Waals surface area contributed by atoms with Crippen LogP contribution >= 0.6 is 7.82 Å². The fourth-order valence-electron chi connectivity index (χ4n) is 1.64. The zero-order chi connectivity index (χ0) is 15.8. The summed E-state index contributed by atoms with van der Waals surface area (Å²) in [5.74, 6) is -0.138. The van der Waals surface area contributed by atoms with Crippen LogP contribution in [-0.4, -0.2) is 60.5 Å². The number of hydrogen-bond donors (Lipinski definition) is 3. The molecule has 0 rings (SSSR count). The topological polar surface area (TPSA) is 95.9 Å². The van der Waals surface area contributed by atoms with Crippen LogP contribution in [0.3, 0.4) is 0 Å². The van der Waals surface area contributed by atoms with Crippen molar-refractivity contribution in [2.45, 2.75) is 25.8 Å². The van der Waals surface area contributed by atoms with Gasteiger partial charge < -0.3 is 19.6 Å². The predicted molar refractivity (Wildman–Crippen MR) is 76.9 cm³/mol. The van der Waals surface area contributed by atoms with Gasteiger partial charge in [-0.1, -0.05) is 6.08 Å². The fraction of sp³-hybridized carbons (Fsp3) is 0.750. The van der Waals surface area contributed by atoms with Gasteiger partial charge in [0.2, 0.25) is 5.91 Å². The Bertz CT molecular complexity index is 373. The van der Waals surface area contributed by atoms with E-state index in [-0.39, 0.29) is 18.6 Å². The van der Waals surface area contributed by atoms with Crippen molar-refractivity contribution in [2.75, 3.05) is 34.3 Å². The van der Waals surface area contributed by atoms with Gasteiger partial charge in [0.15, 0.2) is 0 Å². The monoisotopic (exact) mass is 309 g/mol. The van der Waals surface area contributed by atoms with E-state index in [1.165, 1.54) is 6.08 Å². The largest absolute Gasteiger partial charge is 0.469 e. The number of carbonyl (C=O) groups excluding carboxylic acids is 1. The molecule has 0 spiro atoms. The maximum absolute atomic E-state index is 11.2. The fourth-order valence-corrected chi connectivity index (χ4v) is 2.00. The quantitative estimate of drug-likeness (QED) is 0.251. The molecule has 7 nitrogen and oxygen atoms in total. The summed E-state index contributed by atoms with van der Waals surface area (Å²) in [6.45, 7) is 2.28. The normalized spacial score (nSPS) is 14.5. The molecule has 118 valence electrons. The number of carbonyl (C=O) groups is 1. The Morgan fingerprint density at radius 2 is 2.00 bits per heavy atom. The number of amides is 1. The Kier molecular flexibility index (Phi) is 8.23. The van der Waals surface area contributed by atoms with E-state index in [4.69, 9.17) is 9.79 Å². The number of phosphoric ester groups is 1. The molecule has 8 heteroatoms. The molecule has 1 unspecified atom stereocenters. The van der Waals surface area contributed by atoms with Gasteiger partial charge in [-0.05, 0) is 19.4 Å². The molecule has 0 fully saturated rings. The number of quaternary nitrogens is 1. The van der Waals surface area contributed by atoms with Gasteiger partial charge in [0.05, 0.1) is 21.1 Å². The van der Waals surface area contributed by atoms with Crippen LogP contribution in [0, 0.1) is 0 Å². The van der Waals surface area contributed by atoms with Crippen LogP contribution in [0.15, 0.2) is 12.2 Å². The number of phosphoric acid groups is 1. The molecule has 20 heavy (non-hydrogen) atoms. The lowest BCUT2D eigenvalue weighted by atomic mass is 10.1. The Balaban J connectivity index is 4.19. The minimum atomic E-state index is -4.44. The third kappa shape index (κ3) is 10.1. The van der Waals surface area contributed by atoms with E-state index in [1.807, 2.05) is 21.1 Å². The van der Waals surface area contributed by atoms with Crippen molar-refractivity contribution < 1.29 is 28.2 Å². The van der Waals surface area contributed by atoms with Gasteiger partial charge in [-0.25, -0.2) is 4.57 Å². The van der Waals surface area contributed by atoms with E-state index in [9.17, 15) is 9.36 Å². The highest BCUT2D eigenvalue weighted by Gasteiger charge is 2.27. The number of rotatable bonds is 9. The summed E-state index contributed by atoms with van der Waals surface area (Å²) in [5, 5.41) is 2.74. The summed E-state index contributed by atoms with van der Waals surface area (Å²) >= 11 is 0. The lowest BCUT2D eigenvalue weighted by molar-refractivity contribution is -0.896. The number of hydrogen-bond acceptors (Lipinski definition) is 3. The average molecular weight is 309 g/mol. The Labute approximate surface area is 120 Å². The summed E-state index contributed by atoms with van der Waals surface area (Å²) in [7, 11) is 1.37. The second kappa shape index (κ2) is 8.54. The van der Waals surface area contributed by atoms with Crippen molar-refractivity contribution in [3.63, 3.8) is 0 Å². The van der Waals surface area contributed by atoms with Crippen LogP contribution in [0.5, 0.6) is 0 Å². The minimum absolute atomic E-state index is 0.0173. The number of allylic oxidation sites excluding steroid dienone is 1. The molecule has 1 atom stereocenters. The Morgan fingerprint density at radius 1 is 1.40 bits per heavy atom. The van der Waals surface area contributed by atoms with Gasteiger partial charge in [0, 0.05) is 13.0 Å². The first-order valence-electron chi connectivity index (χ1n) is 6.48. The van der Waals surface area contributed by atoms with Crippen molar-refractivity contribution in [3.8, 4) is 0 Å². The van der Waals surface area contributed by atoms with E-state index >= 15 is 0 Å². The SMILES string of the molecule is CC=CC(=O)NCCCC(COP(=O)(O)O)[N+](C)(C)C. The van der Waals surface area contributed by atoms with E-state index in [0.29, 0.717) is 23.9 Å². The van der Waals surface area contributed by atoms with E-state index in [1.54, 1.807) is 13.0 Å². The molecule has 0 aliphatic rings. The smallest absolute Gasteiger partial charge is 0.353 e. The van der Waals surface area contributed by atoms with Gasteiger partial charge in [0.25, 0.3) is 0 Å². The van der Waals surface area contributed by atoms with E-state index in [0.717, 1.165) is 0 Å². The molecule has 0 aromatic heterocycles. The molecular weight excluding hydrogens is 283 g/mol. The summed E-state index contributed by atoms with van der Waals surface area (Å²) in [6, 6.07) is -0.0544. The Hall–Kier alpha value is -0.720. The summed E-state index contributed by atoms with van der Waals surface area (Å²) < 4.78 is 15.9. The highest BCUT2D eigenvalue weighted by Crippen LogP contribution is 2.36. The molecule has 1 amide bonds. The minimum Gasteiger partial charge on any atom is -0.353 e. The Morgan fingerprint density at radius 3 is 2.45 bits per heavy atom. The van der Waals surface area contributed by atoms with Crippen LogP contribution in [0.4, 0.5) is 0 Å². The second-order valence-electron chi connectivity index (χ2n) is 5.49. The van der Waals surface area contributed by atoms with Crippen LogP contribution in [0.2, 0.25) is 0 Å². The first-order chi connectivity index (χ1) is 9.06. The van der Waals surface area contributed by atoms with Gasteiger partial charge in [-0.15, -0.1) is 0 Å². The molecule has 0 aliphatic carbocycles. The van der Waals surface area contributed by atoms with Gasteiger partial charge >= 0.3 is 7.82 Å². The van der Waals surface area contributed by atoms with E-state index < -0.39 is 7.82 Å². The maximum Gasteiger partial charge on any atom is 0.469 e. The molecular formula is C12H26N2O5P+. The first kappa shape index (κ1) is 19.3. The molecule has 0 saturated heterocycles. The van der Waals surface area contributed by atoms with Crippen LogP contribution in [0.25, 0.3) is 0 Å². The average Bonchev–Trinajstić information content (AvgIpc) is 2.25. The lowest BCUT2D eigenvalue weighted by Crippen LogP contribution is -2.47. The zero-order valence-corrected chi connectivity index (χ0v) is 13.5. The third-order valence-electron chi connectivity index (χ3n) is 2.86. The zero-order valence-electron chi connectivity index (χ0n) is 12.6. The molecule has 0 saturated carbocycles. The summed E-state index contributed by atoms with van der Waals surface area (Å²) in [6.07, 6.45) is 4.53. The van der Waals surface area contributed by atoms with Gasteiger partial charge in [-0.2, -0.15) is 0 Å². The number of nitrogens with zero attached hydrogens (tertiary/aromatic N) is 1. The van der Waals surface area contributed by atoms with Crippen LogP contribution in [-0.2, 0) is 13.9 Å².